The van der Waals surface area contributed by atoms with Crippen LogP contribution < -0.4 is 10.9 Å². The Bertz CT molecular complexity index is 1040. The first-order chi connectivity index (χ1) is 12.1. The summed E-state index contributed by atoms with van der Waals surface area (Å²) in [5, 5.41) is 9.11. The summed E-state index contributed by atoms with van der Waals surface area (Å²) in [7, 11) is 0. The summed E-state index contributed by atoms with van der Waals surface area (Å²) in [6, 6.07) is 4.61. The molecule has 1 N–H and O–H groups in total. The molecule has 0 saturated heterocycles. The minimum Gasteiger partial charge on any atom is -0.422 e. The molecule has 1 atom stereocenters. The van der Waals surface area contributed by atoms with Gasteiger partial charge in [-0.05, 0) is 19.1 Å². The highest BCUT2D eigenvalue weighted by atomic mass is 35.5. The van der Waals surface area contributed by atoms with E-state index in [-0.39, 0.29) is 27.2 Å². The minimum atomic E-state index is -1.19. The second-order valence-corrected chi connectivity index (χ2v) is 7.95. The molecule has 0 fully saturated rings. The van der Waals surface area contributed by atoms with Gasteiger partial charge in [0.15, 0.2) is 5.17 Å². The fraction of sp³-hybridized carbons (Fsp3) is 0.250. The zero-order valence-corrected chi connectivity index (χ0v) is 16.3. The Labute approximate surface area is 162 Å². The maximum absolute atomic E-state index is 12.6. The molecule has 1 aliphatic rings. The first kappa shape index (κ1) is 18.8. The third-order valence-corrected chi connectivity index (χ3v) is 5.64. The average Bonchev–Trinajstić information content (AvgIpc) is 2.85. The molecular weight excluding hydrogens is 401 g/mol. The number of thioether (sulfide) groups is 1. The molecule has 0 radical (unpaired) electrons. The third-order valence-electron chi connectivity index (χ3n) is 3.75. The predicted molar refractivity (Wildman–Crippen MR) is 101 cm³/mol. The number of nitrogens with zero attached hydrogens (tertiary/aromatic N) is 2. The smallest absolute Gasteiger partial charge is 0.342 e. The Balaban J connectivity index is 2.16. The van der Waals surface area contributed by atoms with Gasteiger partial charge in [-0.3, -0.25) is 9.59 Å². The van der Waals surface area contributed by atoms with Crippen molar-refractivity contribution in [3.05, 3.63) is 44.2 Å². The van der Waals surface area contributed by atoms with E-state index in [1.807, 2.05) is 0 Å². The molecule has 0 aliphatic carbocycles. The number of nitrogens with one attached hydrogen (secondary N) is 1. The lowest BCUT2D eigenvalue weighted by Gasteiger charge is -2.29. The Kier molecular flexibility index (Phi) is 4.76. The molecule has 1 aliphatic heterocycles. The van der Waals surface area contributed by atoms with Gasteiger partial charge in [-0.2, -0.15) is 0 Å². The van der Waals surface area contributed by atoms with E-state index in [1.54, 1.807) is 19.1 Å². The van der Waals surface area contributed by atoms with E-state index < -0.39 is 16.4 Å². The molecule has 10 heteroatoms. The lowest BCUT2D eigenvalue weighted by atomic mass is 10.1. The normalized spacial score (nSPS) is 19.6. The van der Waals surface area contributed by atoms with Crippen molar-refractivity contribution in [3.63, 3.8) is 0 Å². The Morgan fingerprint density at radius 3 is 2.50 bits per heavy atom. The van der Waals surface area contributed by atoms with E-state index in [1.165, 1.54) is 19.9 Å². The SMILES string of the molecule is CC(=O)NC1=NN(C(C)=O)C(C)(c2cc3cc(Cl)c(Cl)cc3oc2=O)S1. The standard InChI is InChI=1S/C16H13Cl2N3O4S/c1-7(22)19-15-20-21(8(2)23)16(3,26-15)10-4-9-5-11(17)12(18)6-13(9)25-14(10)24/h4-6H,1-3H3,(H,19,20,22). The van der Waals surface area contributed by atoms with Crippen molar-refractivity contribution in [2.75, 3.05) is 0 Å². The van der Waals surface area contributed by atoms with Gasteiger partial charge in [-0.15, -0.1) is 5.10 Å². The van der Waals surface area contributed by atoms with Crippen LogP contribution in [0.1, 0.15) is 26.3 Å². The lowest BCUT2D eigenvalue weighted by Crippen LogP contribution is -2.40. The van der Waals surface area contributed by atoms with Crippen LogP contribution in [0.3, 0.4) is 0 Å². The van der Waals surface area contributed by atoms with E-state index in [0.29, 0.717) is 10.4 Å². The molecule has 1 unspecified atom stereocenters. The van der Waals surface area contributed by atoms with Crippen LogP contribution in [0, 0.1) is 0 Å². The number of amidine groups is 1. The number of hydrogen-bond donors (Lipinski definition) is 1. The molecule has 136 valence electrons. The number of rotatable bonds is 1. The van der Waals surface area contributed by atoms with Crippen LogP contribution in [0.5, 0.6) is 0 Å². The van der Waals surface area contributed by atoms with Gasteiger partial charge < -0.3 is 9.73 Å². The van der Waals surface area contributed by atoms with Crippen molar-refractivity contribution in [3.8, 4) is 0 Å². The van der Waals surface area contributed by atoms with E-state index in [4.69, 9.17) is 27.6 Å². The van der Waals surface area contributed by atoms with Gasteiger partial charge in [-0.1, -0.05) is 35.0 Å². The third kappa shape index (κ3) is 3.20. The topological polar surface area (TPSA) is 92.0 Å². The summed E-state index contributed by atoms with van der Waals surface area (Å²) in [5.41, 5.74) is -0.179. The number of carbonyl (C=O) groups is 2. The first-order valence-corrected chi connectivity index (χ1v) is 8.98. The van der Waals surface area contributed by atoms with Gasteiger partial charge in [0, 0.05) is 25.3 Å². The minimum absolute atomic E-state index is 0.188. The maximum atomic E-state index is 12.6. The van der Waals surface area contributed by atoms with Gasteiger partial charge in [-0.25, -0.2) is 9.80 Å². The summed E-state index contributed by atoms with van der Waals surface area (Å²) < 4.78 is 5.36. The maximum Gasteiger partial charge on any atom is 0.342 e. The zero-order valence-electron chi connectivity index (χ0n) is 13.9. The number of hydrogen-bond acceptors (Lipinski definition) is 6. The van der Waals surface area contributed by atoms with E-state index >= 15 is 0 Å². The van der Waals surface area contributed by atoms with Crippen LogP contribution in [0.15, 0.2) is 32.5 Å². The van der Waals surface area contributed by atoms with Crippen molar-refractivity contribution in [1.82, 2.24) is 10.3 Å². The summed E-state index contributed by atoms with van der Waals surface area (Å²) in [5.74, 6) is -0.732. The van der Waals surface area contributed by atoms with Crippen LogP contribution in [0.2, 0.25) is 10.0 Å². The Hall–Kier alpha value is -2.03. The number of halogens is 2. The number of amides is 2. The molecule has 1 aromatic heterocycles. The Morgan fingerprint density at radius 1 is 1.23 bits per heavy atom. The second kappa shape index (κ2) is 6.61. The van der Waals surface area contributed by atoms with Gasteiger partial charge in [0.25, 0.3) is 0 Å². The Morgan fingerprint density at radius 2 is 1.88 bits per heavy atom. The van der Waals surface area contributed by atoms with E-state index in [2.05, 4.69) is 10.4 Å². The van der Waals surface area contributed by atoms with Crippen LogP contribution in [0.4, 0.5) is 0 Å². The first-order valence-electron chi connectivity index (χ1n) is 7.41. The molecule has 2 amide bonds. The quantitative estimate of drug-likeness (QED) is 0.724. The molecule has 7 nitrogen and oxygen atoms in total. The summed E-state index contributed by atoms with van der Waals surface area (Å²) in [6.45, 7) is 4.29. The summed E-state index contributed by atoms with van der Waals surface area (Å²) in [6.07, 6.45) is 0. The molecule has 0 bridgehead atoms. The molecular formula is C16H13Cl2N3O4S. The molecule has 2 heterocycles. The van der Waals surface area contributed by atoms with Crippen molar-refractivity contribution in [1.29, 1.82) is 0 Å². The average molecular weight is 414 g/mol. The number of hydrazone groups is 1. The second-order valence-electron chi connectivity index (χ2n) is 5.75. The fourth-order valence-corrected chi connectivity index (χ4v) is 4.14. The fourth-order valence-electron chi connectivity index (χ4n) is 2.62. The zero-order chi connectivity index (χ0) is 19.2. The molecule has 3 rings (SSSR count). The van der Waals surface area contributed by atoms with E-state index in [0.717, 1.165) is 16.8 Å². The molecule has 0 spiro atoms. The summed E-state index contributed by atoms with van der Waals surface area (Å²) >= 11 is 13.1. The lowest BCUT2D eigenvalue weighted by molar-refractivity contribution is -0.131. The molecule has 0 saturated carbocycles. The van der Waals surface area contributed by atoms with Crippen LogP contribution >= 0.6 is 35.0 Å². The monoisotopic (exact) mass is 413 g/mol. The van der Waals surface area contributed by atoms with Gasteiger partial charge >= 0.3 is 5.63 Å². The highest BCUT2D eigenvalue weighted by Gasteiger charge is 2.46. The largest absolute Gasteiger partial charge is 0.422 e. The predicted octanol–water partition coefficient (Wildman–Crippen LogP) is 3.27. The molecule has 1 aromatic carbocycles. The highest BCUT2D eigenvalue weighted by Crippen LogP contribution is 2.44. The van der Waals surface area contributed by atoms with Gasteiger partial charge in [0.2, 0.25) is 11.8 Å². The summed E-state index contributed by atoms with van der Waals surface area (Å²) in [4.78, 5) is 34.8. The van der Waals surface area contributed by atoms with Crippen molar-refractivity contribution in [2.45, 2.75) is 25.6 Å². The van der Waals surface area contributed by atoms with Crippen LogP contribution in [-0.4, -0.2) is 22.0 Å². The van der Waals surface area contributed by atoms with Crippen molar-refractivity contribution >= 4 is 62.9 Å². The number of fused-ring (bicyclic) bond motifs is 1. The number of carbonyl (C=O) groups excluding carboxylic acids is 2. The molecule has 26 heavy (non-hydrogen) atoms. The van der Waals surface area contributed by atoms with Crippen molar-refractivity contribution < 1.29 is 14.0 Å². The van der Waals surface area contributed by atoms with Crippen LogP contribution in [0.25, 0.3) is 11.0 Å². The van der Waals surface area contributed by atoms with Gasteiger partial charge in [0.05, 0.1) is 15.6 Å². The van der Waals surface area contributed by atoms with E-state index in [9.17, 15) is 14.4 Å². The van der Waals surface area contributed by atoms with Gasteiger partial charge in [0.1, 0.15) is 10.5 Å². The highest BCUT2D eigenvalue weighted by molar-refractivity contribution is 8.14. The number of benzene rings is 1. The van der Waals surface area contributed by atoms with Crippen molar-refractivity contribution in [2.24, 2.45) is 5.10 Å². The molecule has 2 aromatic rings. The van der Waals surface area contributed by atoms with Crippen LogP contribution in [-0.2, 0) is 14.5 Å².